The van der Waals surface area contributed by atoms with Gasteiger partial charge in [-0.05, 0) is 116 Å². The van der Waals surface area contributed by atoms with Crippen LogP contribution in [0.4, 0.5) is 30.4 Å². The van der Waals surface area contributed by atoms with E-state index in [9.17, 15) is 13.2 Å². The van der Waals surface area contributed by atoms with Gasteiger partial charge >= 0.3 is 6.18 Å². The fraction of sp³-hybridized carbons (Fsp3) is 0.500. The van der Waals surface area contributed by atoms with Crippen LogP contribution in [0.1, 0.15) is 63.4 Å². The molecule has 0 spiro atoms. The first-order valence-corrected chi connectivity index (χ1v) is 15.4. The molecule has 0 bridgehead atoms. The second-order valence-electron chi connectivity index (χ2n) is 12.2. The summed E-state index contributed by atoms with van der Waals surface area (Å²) in [6.45, 7) is 4.09. The molecule has 7 heteroatoms. The Morgan fingerprint density at radius 2 is 1.51 bits per heavy atom. The number of halogens is 3. The van der Waals surface area contributed by atoms with Crippen LogP contribution < -0.4 is 15.1 Å². The molecule has 0 unspecified atom stereocenters. The second-order valence-corrected chi connectivity index (χ2v) is 12.2. The molecule has 218 valence electrons. The predicted octanol–water partition coefficient (Wildman–Crippen LogP) is 8.65. The number of alkyl halides is 3. The van der Waals surface area contributed by atoms with Gasteiger partial charge in [-0.2, -0.15) is 13.2 Å². The molecule has 1 aromatic heterocycles. The van der Waals surface area contributed by atoms with Crippen molar-refractivity contribution in [1.82, 2.24) is 4.98 Å². The zero-order valence-electron chi connectivity index (χ0n) is 23.8. The number of piperidine rings is 1. The van der Waals surface area contributed by atoms with E-state index in [1.54, 1.807) is 12.1 Å². The Balaban J connectivity index is 1.10. The van der Waals surface area contributed by atoms with Crippen molar-refractivity contribution in [2.24, 2.45) is 11.8 Å². The number of nitrogens with one attached hydrogen (secondary N) is 1. The molecule has 1 N–H and O–H groups in total. The van der Waals surface area contributed by atoms with Crippen LogP contribution in [0.15, 0.2) is 66.9 Å². The number of rotatable bonds is 7. The zero-order valence-corrected chi connectivity index (χ0v) is 23.8. The fourth-order valence-electron chi connectivity index (χ4n) is 7.20. The Labute approximate surface area is 242 Å². The van der Waals surface area contributed by atoms with E-state index < -0.39 is 11.7 Å². The van der Waals surface area contributed by atoms with Gasteiger partial charge < -0.3 is 15.1 Å². The molecule has 1 aliphatic carbocycles. The highest BCUT2D eigenvalue weighted by molar-refractivity contribution is 5.70. The molecular weight excluding hydrogens is 521 g/mol. The average molecular weight is 563 g/mol. The molecule has 6 rings (SSSR count). The largest absolute Gasteiger partial charge is 0.416 e. The normalized spacial score (nSPS) is 23.5. The van der Waals surface area contributed by atoms with E-state index in [4.69, 9.17) is 4.98 Å². The van der Waals surface area contributed by atoms with Gasteiger partial charge in [-0.15, -0.1) is 0 Å². The molecule has 3 fully saturated rings. The van der Waals surface area contributed by atoms with Gasteiger partial charge in [0.2, 0.25) is 0 Å². The Hall–Kier alpha value is -3.22. The standard InChI is InChI=1S/C34H41F3N4/c35-34(36,37)29-12-14-30(15-13-29)41-20-6-7-25(24-41)21-28-8-1-2-11-32(28)39-33-23-27(16-17-38-33)26-9-5-10-31(22-26)40-18-3-4-19-40/h5,9-10,12-17,22-23,25,28,32H,1-4,6-8,11,18-21,24H2,(H,38,39)/t25-,28+,32-/m1/s1. The SMILES string of the molecule is FC(F)(F)c1ccc(N2CCC[C@H](C[C@@H]3CCCC[C@H]3Nc3cc(-c4cccc(N5CCCC5)c4)ccn3)C2)cc1. The molecule has 2 saturated heterocycles. The molecule has 3 atom stereocenters. The topological polar surface area (TPSA) is 31.4 Å². The average Bonchev–Trinajstić information content (AvgIpc) is 3.54. The lowest BCUT2D eigenvalue weighted by Crippen LogP contribution is -2.39. The van der Waals surface area contributed by atoms with Crippen LogP contribution in [-0.2, 0) is 6.18 Å². The third-order valence-corrected chi connectivity index (χ3v) is 9.37. The summed E-state index contributed by atoms with van der Waals surface area (Å²) >= 11 is 0. The van der Waals surface area contributed by atoms with Crippen molar-refractivity contribution in [2.45, 2.75) is 70.0 Å². The maximum atomic E-state index is 13.0. The van der Waals surface area contributed by atoms with Crippen molar-refractivity contribution in [3.63, 3.8) is 0 Å². The molecular formula is C34H41F3N4. The lowest BCUT2D eigenvalue weighted by molar-refractivity contribution is -0.137. The molecule has 3 heterocycles. The third-order valence-electron chi connectivity index (χ3n) is 9.37. The van der Waals surface area contributed by atoms with E-state index in [0.29, 0.717) is 17.9 Å². The van der Waals surface area contributed by atoms with E-state index in [0.717, 1.165) is 56.9 Å². The molecule has 3 aliphatic rings. The van der Waals surface area contributed by atoms with E-state index >= 15 is 0 Å². The Morgan fingerprint density at radius 1 is 0.756 bits per heavy atom. The van der Waals surface area contributed by atoms with Gasteiger partial charge in [-0.3, -0.25) is 0 Å². The number of aromatic nitrogens is 1. The lowest BCUT2D eigenvalue weighted by Gasteiger charge is -2.39. The van der Waals surface area contributed by atoms with Crippen LogP contribution in [0.3, 0.4) is 0 Å². The first kappa shape index (κ1) is 27.9. The van der Waals surface area contributed by atoms with Crippen molar-refractivity contribution in [3.05, 3.63) is 72.4 Å². The predicted molar refractivity (Wildman–Crippen MR) is 161 cm³/mol. The summed E-state index contributed by atoms with van der Waals surface area (Å²) in [6, 6.07) is 19.2. The maximum Gasteiger partial charge on any atom is 0.416 e. The molecule has 0 amide bonds. The van der Waals surface area contributed by atoms with Crippen LogP contribution in [-0.4, -0.2) is 37.2 Å². The monoisotopic (exact) mass is 562 g/mol. The van der Waals surface area contributed by atoms with Gasteiger partial charge in [-0.25, -0.2) is 4.98 Å². The van der Waals surface area contributed by atoms with Gasteiger partial charge in [0.05, 0.1) is 5.56 Å². The van der Waals surface area contributed by atoms with Crippen LogP contribution in [0.2, 0.25) is 0 Å². The third kappa shape index (κ3) is 6.82. The second kappa shape index (κ2) is 12.3. The summed E-state index contributed by atoms with van der Waals surface area (Å²) < 4.78 is 39.1. The molecule has 4 nitrogen and oxygen atoms in total. The van der Waals surface area contributed by atoms with Crippen molar-refractivity contribution in [2.75, 3.05) is 41.3 Å². The van der Waals surface area contributed by atoms with Gasteiger partial charge in [0, 0.05) is 49.8 Å². The number of hydrogen-bond acceptors (Lipinski definition) is 4. The highest BCUT2D eigenvalue weighted by Crippen LogP contribution is 2.37. The Kier molecular flexibility index (Phi) is 8.40. The summed E-state index contributed by atoms with van der Waals surface area (Å²) in [5, 5.41) is 3.82. The van der Waals surface area contributed by atoms with Crippen LogP contribution in [0, 0.1) is 11.8 Å². The van der Waals surface area contributed by atoms with Gasteiger partial charge in [0.25, 0.3) is 0 Å². The number of nitrogens with zero attached hydrogens (tertiary/aromatic N) is 3. The minimum Gasteiger partial charge on any atom is -0.372 e. The Bertz CT molecular complexity index is 1290. The number of benzene rings is 2. The molecule has 41 heavy (non-hydrogen) atoms. The highest BCUT2D eigenvalue weighted by Gasteiger charge is 2.32. The van der Waals surface area contributed by atoms with Crippen LogP contribution in [0.25, 0.3) is 11.1 Å². The van der Waals surface area contributed by atoms with Crippen LogP contribution in [0.5, 0.6) is 0 Å². The molecule has 1 saturated carbocycles. The van der Waals surface area contributed by atoms with Crippen molar-refractivity contribution >= 4 is 17.2 Å². The minimum absolute atomic E-state index is 0.392. The van der Waals surface area contributed by atoms with Crippen LogP contribution >= 0.6 is 0 Å². The number of hydrogen-bond donors (Lipinski definition) is 1. The summed E-state index contributed by atoms with van der Waals surface area (Å²) in [4.78, 5) is 9.46. The first-order valence-electron chi connectivity index (χ1n) is 15.4. The summed E-state index contributed by atoms with van der Waals surface area (Å²) in [5.41, 5.74) is 4.04. The number of pyridine rings is 1. The molecule has 2 aliphatic heterocycles. The van der Waals surface area contributed by atoms with Crippen molar-refractivity contribution < 1.29 is 13.2 Å². The van der Waals surface area contributed by atoms with Crippen molar-refractivity contribution in [1.29, 1.82) is 0 Å². The van der Waals surface area contributed by atoms with Crippen molar-refractivity contribution in [3.8, 4) is 11.1 Å². The highest BCUT2D eigenvalue weighted by atomic mass is 19.4. The van der Waals surface area contributed by atoms with E-state index in [1.165, 1.54) is 67.5 Å². The Morgan fingerprint density at radius 3 is 2.32 bits per heavy atom. The molecule has 3 aromatic rings. The summed E-state index contributed by atoms with van der Waals surface area (Å²) in [5.74, 6) is 2.07. The van der Waals surface area contributed by atoms with E-state index in [1.807, 2.05) is 6.20 Å². The quantitative estimate of drug-likeness (QED) is 0.312. The summed E-state index contributed by atoms with van der Waals surface area (Å²) in [6.07, 6.45) is 8.42. The van der Waals surface area contributed by atoms with E-state index in [-0.39, 0.29) is 0 Å². The first-order chi connectivity index (χ1) is 19.9. The zero-order chi connectivity index (χ0) is 28.2. The summed E-state index contributed by atoms with van der Waals surface area (Å²) in [7, 11) is 0. The van der Waals surface area contributed by atoms with E-state index in [2.05, 4.69) is 51.5 Å². The van der Waals surface area contributed by atoms with Gasteiger partial charge in [0.1, 0.15) is 5.82 Å². The fourth-order valence-corrected chi connectivity index (χ4v) is 7.20. The minimum atomic E-state index is -4.29. The smallest absolute Gasteiger partial charge is 0.372 e. The molecule has 2 aromatic carbocycles. The molecule has 0 radical (unpaired) electrons. The lowest BCUT2D eigenvalue weighted by atomic mass is 9.77. The van der Waals surface area contributed by atoms with Gasteiger partial charge in [-0.1, -0.05) is 25.0 Å². The van der Waals surface area contributed by atoms with Gasteiger partial charge in [0.15, 0.2) is 0 Å². The maximum absolute atomic E-state index is 13.0. The number of anilines is 3.